The van der Waals surface area contributed by atoms with Crippen LogP contribution < -0.4 is 0 Å². The second-order valence-electron chi connectivity index (χ2n) is 27.0. The van der Waals surface area contributed by atoms with E-state index in [2.05, 4.69) is 113 Å². The molecule has 102 heavy (non-hydrogen) atoms. The van der Waals surface area contributed by atoms with Gasteiger partial charge in [-0.3, -0.25) is 37.3 Å². The van der Waals surface area contributed by atoms with Crippen LogP contribution in [0.5, 0.6) is 0 Å². The Morgan fingerprint density at radius 3 is 0.873 bits per heavy atom. The first-order chi connectivity index (χ1) is 49.7. The van der Waals surface area contributed by atoms with E-state index in [1.807, 2.05) is 12.2 Å². The van der Waals surface area contributed by atoms with Gasteiger partial charge >= 0.3 is 39.5 Å². The number of allylic oxidation sites excluding steroid dienone is 16. The third kappa shape index (κ3) is 74.3. The lowest BCUT2D eigenvalue weighted by Gasteiger charge is -2.21. The van der Waals surface area contributed by atoms with Crippen molar-refractivity contribution in [1.29, 1.82) is 0 Å². The molecule has 590 valence electrons. The fourth-order valence-corrected chi connectivity index (χ4v) is 12.4. The maximum absolute atomic E-state index is 13.1. The molecule has 0 radical (unpaired) electrons. The maximum Gasteiger partial charge on any atom is 0.472 e. The Kier molecular flexibility index (Phi) is 72.3. The van der Waals surface area contributed by atoms with Crippen LogP contribution in [0.25, 0.3) is 0 Å². The van der Waals surface area contributed by atoms with Crippen LogP contribution in [0.1, 0.15) is 349 Å². The Morgan fingerprint density at radius 1 is 0.284 bits per heavy atom. The summed E-state index contributed by atoms with van der Waals surface area (Å²) in [6, 6.07) is 0. The molecule has 0 saturated carbocycles. The van der Waals surface area contributed by atoms with Gasteiger partial charge in [0.25, 0.3) is 0 Å². The van der Waals surface area contributed by atoms with Gasteiger partial charge in [0, 0.05) is 25.7 Å². The molecule has 0 spiro atoms. The fourth-order valence-electron chi connectivity index (χ4n) is 10.8. The summed E-state index contributed by atoms with van der Waals surface area (Å²) in [7, 11) is -9.97. The van der Waals surface area contributed by atoms with Crippen molar-refractivity contribution in [1.82, 2.24) is 0 Å². The van der Waals surface area contributed by atoms with E-state index in [1.54, 1.807) is 0 Å². The van der Waals surface area contributed by atoms with Gasteiger partial charge in [0.2, 0.25) is 0 Å². The molecule has 0 bridgehead atoms. The highest BCUT2D eigenvalue weighted by molar-refractivity contribution is 7.47. The van der Waals surface area contributed by atoms with E-state index in [4.69, 9.17) is 37.0 Å². The van der Waals surface area contributed by atoms with Crippen molar-refractivity contribution in [3.05, 3.63) is 97.2 Å². The van der Waals surface area contributed by atoms with Crippen LogP contribution in [-0.4, -0.2) is 96.7 Å². The second-order valence-corrected chi connectivity index (χ2v) is 29.9. The van der Waals surface area contributed by atoms with Crippen molar-refractivity contribution in [2.45, 2.75) is 367 Å². The number of phosphoric ester groups is 2. The molecule has 0 fully saturated rings. The molecule has 3 N–H and O–H groups in total. The van der Waals surface area contributed by atoms with E-state index in [0.29, 0.717) is 32.1 Å². The van der Waals surface area contributed by atoms with Crippen LogP contribution in [-0.2, 0) is 65.4 Å². The maximum atomic E-state index is 13.1. The summed E-state index contributed by atoms with van der Waals surface area (Å²) in [6.45, 7) is 4.76. The Bertz CT molecular complexity index is 2310. The zero-order valence-electron chi connectivity index (χ0n) is 64.5. The number of aliphatic hydroxyl groups excluding tert-OH is 1. The van der Waals surface area contributed by atoms with E-state index >= 15 is 0 Å². The van der Waals surface area contributed by atoms with Gasteiger partial charge in [-0.25, -0.2) is 9.13 Å². The minimum Gasteiger partial charge on any atom is -0.462 e. The average molecular weight is 1480 g/mol. The van der Waals surface area contributed by atoms with Crippen molar-refractivity contribution in [2.24, 2.45) is 0 Å². The van der Waals surface area contributed by atoms with Gasteiger partial charge in [0.1, 0.15) is 19.3 Å². The van der Waals surface area contributed by atoms with Crippen LogP contribution in [0.3, 0.4) is 0 Å². The molecule has 0 aromatic heterocycles. The van der Waals surface area contributed by atoms with E-state index in [0.717, 1.165) is 141 Å². The summed E-state index contributed by atoms with van der Waals surface area (Å²) < 4.78 is 68.6. The molecule has 0 rings (SSSR count). The first kappa shape index (κ1) is 98.0. The number of hydrogen-bond acceptors (Lipinski definition) is 15. The SMILES string of the molecule is CCCCC/C=C\C/C=C\C/C=C\C/C=C\CCCC(=O)OC[C@H](COP(=O)(O)OC[C@H](O)COP(=O)(O)OC[C@@H](COC(=O)CCCCCCC/C=C\C=C/CCCCCC)OC(=O)CCCCCCC/C=C\CCCCCCCC)OC(=O)CCCCCCC/C=C\CCCCCCCC. The zero-order valence-corrected chi connectivity index (χ0v) is 66.3. The number of unbranched alkanes of at least 4 members (excludes halogenated alkanes) is 35. The van der Waals surface area contributed by atoms with Gasteiger partial charge in [-0.1, -0.05) is 279 Å². The third-order valence-electron chi connectivity index (χ3n) is 17.0. The predicted octanol–water partition coefficient (Wildman–Crippen LogP) is 23.6. The molecular weight excluding hydrogens is 1330 g/mol. The van der Waals surface area contributed by atoms with Gasteiger partial charge in [-0.15, -0.1) is 0 Å². The monoisotopic (exact) mass is 1480 g/mol. The van der Waals surface area contributed by atoms with E-state index in [-0.39, 0.29) is 25.7 Å². The van der Waals surface area contributed by atoms with Crippen LogP contribution in [0, 0.1) is 0 Å². The molecule has 2 unspecified atom stereocenters. The summed E-state index contributed by atoms with van der Waals surface area (Å²) in [5, 5.41) is 10.6. The van der Waals surface area contributed by atoms with E-state index in [1.165, 1.54) is 122 Å². The number of rotatable bonds is 76. The smallest absolute Gasteiger partial charge is 0.462 e. The molecule has 0 saturated heterocycles. The van der Waals surface area contributed by atoms with Gasteiger partial charge in [0.15, 0.2) is 12.2 Å². The quantitative estimate of drug-likeness (QED) is 0.0128. The molecule has 0 aliphatic heterocycles. The Balaban J connectivity index is 5.42. The third-order valence-corrected chi connectivity index (χ3v) is 18.9. The lowest BCUT2D eigenvalue weighted by Crippen LogP contribution is -2.30. The molecule has 0 aliphatic rings. The molecule has 0 aromatic rings. The molecule has 5 atom stereocenters. The van der Waals surface area contributed by atoms with Crippen molar-refractivity contribution in [3.63, 3.8) is 0 Å². The standard InChI is InChI=1S/C83H146O17P2/c1-5-9-13-17-21-25-29-33-37-38-42-44-48-52-56-60-64-68-81(86)94-74-79(100-83(88)70-66-62-58-54-50-46-41-36-32-28-24-20-16-12-8-4)76-98-102(91,92)96-72-77(84)71-95-101(89,90)97-75-78(99-82(87)69-65-61-57-53-49-45-40-35-31-27-23-19-15-11-7-3)73-93-80(85)67-63-59-55-51-47-43-39-34-30-26-22-18-14-10-6-2/h21,25-26,30,33-37,39-42,44,52,56,77-79,84H,5-20,22-24,27-29,31-32,38,43,45-51,53-55,57-76H2,1-4H3,(H,89,90)(H,91,92)/b25-21-,30-26-,37-33-,39-34-,40-35-,41-36-,44-42-,56-52-/t77-,78-,79-/m1/s1. The van der Waals surface area contributed by atoms with Gasteiger partial charge < -0.3 is 33.8 Å². The minimum atomic E-state index is -4.99. The van der Waals surface area contributed by atoms with Gasteiger partial charge in [-0.05, 0) is 141 Å². The van der Waals surface area contributed by atoms with Gasteiger partial charge in [0.05, 0.1) is 26.4 Å². The molecular formula is C83H146O17P2. The highest BCUT2D eigenvalue weighted by atomic mass is 31.2. The van der Waals surface area contributed by atoms with E-state index in [9.17, 15) is 43.2 Å². The summed E-state index contributed by atoms with van der Waals surface area (Å²) in [4.78, 5) is 73.0. The van der Waals surface area contributed by atoms with Crippen LogP contribution >= 0.6 is 15.6 Å². The normalized spacial score (nSPS) is 14.4. The molecule has 17 nitrogen and oxygen atoms in total. The largest absolute Gasteiger partial charge is 0.472 e. The summed E-state index contributed by atoms with van der Waals surface area (Å²) in [5.74, 6) is -2.26. The Hall–Kier alpha value is -4.02. The fraction of sp³-hybridized carbons (Fsp3) is 0.759. The van der Waals surface area contributed by atoms with Crippen LogP contribution in [0.15, 0.2) is 97.2 Å². The first-order valence-corrected chi connectivity index (χ1v) is 43.5. The highest BCUT2D eigenvalue weighted by Gasteiger charge is 2.30. The number of hydrogen-bond donors (Lipinski definition) is 3. The predicted molar refractivity (Wildman–Crippen MR) is 418 cm³/mol. The lowest BCUT2D eigenvalue weighted by molar-refractivity contribution is -0.161. The topological polar surface area (TPSA) is 237 Å². The second kappa shape index (κ2) is 75.2. The number of phosphoric acid groups is 2. The average Bonchev–Trinajstić information content (AvgIpc) is 0.923. The van der Waals surface area contributed by atoms with Crippen molar-refractivity contribution < 1.29 is 80.2 Å². The lowest BCUT2D eigenvalue weighted by atomic mass is 10.1. The molecule has 0 aromatic carbocycles. The molecule has 0 amide bonds. The summed E-state index contributed by atoms with van der Waals surface area (Å²) >= 11 is 0. The highest BCUT2D eigenvalue weighted by Crippen LogP contribution is 2.45. The number of carbonyl (C=O) groups is 4. The Morgan fingerprint density at radius 2 is 0.520 bits per heavy atom. The number of esters is 4. The minimum absolute atomic E-state index is 0.0735. The Labute approximate surface area is 620 Å². The van der Waals surface area contributed by atoms with Crippen LogP contribution in [0.4, 0.5) is 0 Å². The van der Waals surface area contributed by atoms with Crippen molar-refractivity contribution in [2.75, 3.05) is 39.6 Å². The molecule has 0 heterocycles. The van der Waals surface area contributed by atoms with Crippen molar-refractivity contribution >= 4 is 39.5 Å². The number of aliphatic hydroxyl groups is 1. The zero-order chi connectivity index (χ0) is 74.6. The number of ether oxygens (including phenoxy) is 4. The van der Waals surface area contributed by atoms with Crippen LogP contribution in [0.2, 0.25) is 0 Å². The van der Waals surface area contributed by atoms with E-state index < -0.39 is 97.5 Å². The summed E-state index contributed by atoms with van der Waals surface area (Å²) in [5.41, 5.74) is 0. The molecule has 0 aliphatic carbocycles. The number of carbonyl (C=O) groups excluding carboxylic acids is 4. The van der Waals surface area contributed by atoms with Crippen molar-refractivity contribution in [3.8, 4) is 0 Å². The summed E-state index contributed by atoms with van der Waals surface area (Å²) in [6.07, 6.45) is 79.6. The first-order valence-electron chi connectivity index (χ1n) is 40.5. The molecule has 19 heteroatoms. The van der Waals surface area contributed by atoms with Gasteiger partial charge in [-0.2, -0.15) is 0 Å².